The molecule has 2 heterocycles. The number of aliphatic carboxylic acids is 1. The molecule has 1 N–H and O–H groups in total. The van der Waals surface area contributed by atoms with Gasteiger partial charge in [0.1, 0.15) is 0 Å². The maximum Gasteiger partial charge on any atom is 0.311 e. The Labute approximate surface area is 121 Å². The summed E-state index contributed by atoms with van der Waals surface area (Å²) in [5.74, 6) is -1.56. The van der Waals surface area contributed by atoms with Gasteiger partial charge in [-0.25, -0.2) is 0 Å². The summed E-state index contributed by atoms with van der Waals surface area (Å²) in [6.07, 6.45) is 3.55. The molecular weight excluding hydrogens is 268 g/mol. The zero-order chi connectivity index (χ0) is 14.8. The Bertz CT molecular complexity index is 685. The van der Waals surface area contributed by atoms with Crippen molar-refractivity contribution < 1.29 is 14.7 Å². The molecule has 0 spiro atoms. The first-order chi connectivity index (χ1) is 10.2. The van der Waals surface area contributed by atoms with Crippen LogP contribution in [0.25, 0.3) is 0 Å². The van der Waals surface area contributed by atoms with Gasteiger partial charge in [-0.2, -0.15) is 0 Å². The number of fused-ring (bicyclic) bond motifs is 1. The molecule has 106 valence electrons. The van der Waals surface area contributed by atoms with Gasteiger partial charge in [0.2, 0.25) is 0 Å². The van der Waals surface area contributed by atoms with Crippen LogP contribution in [0, 0.1) is 0 Å². The van der Waals surface area contributed by atoms with E-state index in [0.717, 1.165) is 0 Å². The summed E-state index contributed by atoms with van der Waals surface area (Å²) in [5, 5.41) is 9.31. The summed E-state index contributed by atoms with van der Waals surface area (Å²) in [6.45, 7) is 0.391. The third-order valence-corrected chi connectivity index (χ3v) is 3.70. The van der Waals surface area contributed by atoms with Crippen molar-refractivity contribution in [2.75, 3.05) is 11.4 Å². The second-order valence-corrected chi connectivity index (χ2v) is 4.94. The van der Waals surface area contributed by atoms with Gasteiger partial charge >= 0.3 is 5.97 Å². The minimum atomic E-state index is -0.851. The molecule has 1 amide bonds. The predicted molar refractivity (Wildman–Crippen MR) is 77.3 cm³/mol. The number of carboxylic acids is 1. The van der Waals surface area contributed by atoms with Crippen molar-refractivity contribution in [2.24, 2.45) is 0 Å². The van der Waals surface area contributed by atoms with E-state index in [1.165, 1.54) is 6.20 Å². The normalized spacial score (nSPS) is 17.1. The van der Waals surface area contributed by atoms with Gasteiger partial charge in [-0.3, -0.25) is 14.6 Å². The number of carbonyl (C=O) groups is 2. The molecule has 1 atom stereocenters. The van der Waals surface area contributed by atoms with Crippen LogP contribution in [0.15, 0.2) is 48.8 Å². The van der Waals surface area contributed by atoms with Crippen molar-refractivity contribution in [3.63, 3.8) is 0 Å². The molecule has 0 fully saturated rings. The van der Waals surface area contributed by atoms with Gasteiger partial charge in [0.25, 0.3) is 5.91 Å². The SMILES string of the molecule is O=C(O)C1CCN(C(=O)c2cccnc2)c2ccccc21. The molecule has 0 aliphatic carbocycles. The summed E-state index contributed by atoms with van der Waals surface area (Å²) in [5.41, 5.74) is 1.86. The van der Waals surface area contributed by atoms with Crippen molar-refractivity contribution in [1.29, 1.82) is 0 Å². The van der Waals surface area contributed by atoms with Gasteiger partial charge in [-0.1, -0.05) is 18.2 Å². The Morgan fingerprint density at radius 3 is 2.71 bits per heavy atom. The van der Waals surface area contributed by atoms with Gasteiger partial charge < -0.3 is 10.0 Å². The van der Waals surface area contributed by atoms with Gasteiger partial charge in [0, 0.05) is 24.6 Å². The molecule has 1 unspecified atom stereocenters. The molecule has 0 radical (unpaired) electrons. The Hall–Kier alpha value is -2.69. The number of para-hydroxylation sites is 1. The fraction of sp³-hybridized carbons (Fsp3) is 0.188. The topological polar surface area (TPSA) is 70.5 Å². The number of aromatic nitrogens is 1. The summed E-state index contributed by atoms with van der Waals surface area (Å²) < 4.78 is 0. The number of carbonyl (C=O) groups excluding carboxylic acids is 1. The van der Waals surface area contributed by atoms with Gasteiger partial charge in [-0.15, -0.1) is 0 Å². The Balaban J connectivity index is 2.00. The summed E-state index contributed by atoms with van der Waals surface area (Å²) >= 11 is 0. The van der Waals surface area contributed by atoms with E-state index in [9.17, 15) is 14.7 Å². The number of hydrogen-bond acceptors (Lipinski definition) is 3. The Morgan fingerprint density at radius 2 is 2.00 bits per heavy atom. The van der Waals surface area contributed by atoms with Crippen LogP contribution in [0.5, 0.6) is 0 Å². The van der Waals surface area contributed by atoms with Crippen molar-refractivity contribution in [2.45, 2.75) is 12.3 Å². The monoisotopic (exact) mass is 282 g/mol. The number of hydrogen-bond donors (Lipinski definition) is 1. The number of anilines is 1. The Morgan fingerprint density at radius 1 is 1.19 bits per heavy atom. The number of benzene rings is 1. The van der Waals surface area contributed by atoms with Crippen LogP contribution in [-0.4, -0.2) is 28.5 Å². The second-order valence-electron chi connectivity index (χ2n) is 4.94. The lowest BCUT2D eigenvalue weighted by atomic mass is 9.89. The van der Waals surface area contributed by atoms with Crippen LogP contribution >= 0.6 is 0 Å². The maximum absolute atomic E-state index is 12.6. The molecule has 21 heavy (non-hydrogen) atoms. The van der Waals surface area contributed by atoms with E-state index in [-0.39, 0.29) is 5.91 Å². The summed E-state index contributed by atoms with van der Waals surface area (Å²) in [6, 6.07) is 10.6. The highest BCUT2D eigenvalue weighted by atomic mass is 16.4. The second kappa shape index (κ2) is 5.36. The summed E-state index contributed by atoms with van der Waals surface area (Å²) in [4.78, 5) is 29.5. The zero-order valence-corrected chi connectivity index (χ0v) is 11.3. The van der Waals surface area contributed by atoms with E-state index >= 15 is 0 Å². The molecule has 1 aromatic carbocycles. The maximum atomic E-state index is 12.6. The van der Waals surface area contributed by atoms with E-state index in [1.807, 2.05) is 6.07 Å². The lowest BCUT2D eigenvalue weighted by Gasteiger charge is -2.32. The van der Waals surface area contributed by atoms with Crippen LogP contribution in [0.3, 0.4) is 0 Å². The van der Waals surface area contributed by atoms with E-state index in [2.05, 4.69) is 4.98 Å². The van der Waals surface area contributed by atoms with Crippen LogP contribution < -0.4 is 4.90 Å². The Kier molecular flexibility index (Phi) is 3.39. The average molecular weight is 282 g/mol. The molecule has 1 aromatic heterocycles. The minimum absolute atomic E-state index is 0.153. The zero-order valence-electron chi connectivity index (χ0n) is 11.3. The van der Waals surface area contributed by atoms with Crippen LogP contribution in [0.1, 0.15) is 28.3 Å². The molecule has 0 saturated carbocycles. The van der Waals surface area contributed by atoms with Crippen LogP contribution in [-0.2, 0) is 4.79 Å². The minimum Gasteiger partial charge on any atom is -0.481 e. The van der Waals surface area contributed by atoms with Gasteiger partial charge in [0.15, 0.2) is 0 Å². The van der Waals surface area contributed by atoms with Crippen LogP contribution in [0.4, 0.5) is 5.69 Å². The number of pyridine rings is 1. The molecule has 3 rings (SSSR count). The van der Waals surface area contributed by atoms with E-state index in [0.29, 0.717) is 29.8 Å². The third kappa shape index (κ3) is 2.38. The van der Waals surface area contributed by atoms with Crippen molar-refractivity contribution >= 4 is 17.6 Å². The number of amides is 1. The predicted octanol–water partition coefficient (Wildman–Crippen LogP) is 2.30. The molecule has 1 aliphatic rings. The van der Waals surface area contributed by atoms with Crippen molar-refractivity contribution in [3.8, 4) is 0 Å². The largest absolute Gasteiger partial charge is 0.481 e. The first-order valence-electron chi connectivity index (χ1n) is 6.72. The smallest absolute Gasteiger partial charge is 0.311 e. The number of rotatable bonds is 2. The van der Waals surface area contributed by atoms with Crippen LogP contribution in [0.2, 0.25) is 0 Å². The lowest BCUT2D eigenvalue weighted by Crippen LogP contribution is -2.38. The fourth-order valence-electron chi connectivity index (χ4n) is 2.67. The molecule has 2 aromatic rings. The highest BCUT2D eigenvalue weighted by Crippen LogP contribution is 2.35. The molecule has 5 heteroatoms. The average Bonchev–Trinajstić information content (AvgIpc) is 2.54. The van der Waals surface area contributed by atoms with Crippen molar-refractivity contribution in [1.82, 2.24) is 4.98 Å². The fourth-order valence-corrected chi connectivity index (χ4v) is 2.67. The van der Waals surface area contributed by atoms with Gasteiger partial charge in [0.05, 0.1) is 11.5 Å². The van der Waals surface area contributed by atoms with Crippen molar-refractivity contribution in [3.05, 3.63) is 59.9 Å². The first kappa shape index (κ1) is 13.3. The quantitative estimate of drug-likeness (QED) is 0.917. The molecular formula is C16H14N2O3. The molecule has 0 saturated heterocycles. The molecule has 5 nitrogen and oxygen atoms in total. The highest BCUT2D eigenvalue weighted by molar-refractivity contribution is 6.07. The van der Waals surface area contributed by atoms with E-state index in [4.69, 9.17) is 0 Å². The standard InChI is InChI=1S/C16H14N2O3/c19-15(11-4-3-8-17-10-11)18-9-7-13(16(20)21)12-5-1-2-6-14(12)18/h1-6,8,10,13H,7,9H2,(H,20,21). The van der Waals surface area contributed by atoms with Gasteiger partial charge in [-0.05, 0) is 30.2 Å². The molecule has 0 bridgehead atoms. The van der Waals surface area contributed by atoms with E-state index in [1.54, 1.807) is 41.4 Å². The number of nitrogens with zero attached hydrogens (tertiary/aromatic N) is 2. The third-order valence-electron chi connectivity index (χ3n) is 3.70. The first-order valence-corrected chi connectivity index (χ1v) is 6.72. The molecule has 1 aliphatic heterocycles. The number of carboxylic acid groups (broad SMARTS) is 1. The highest BCUT2D eigenvalue weighted by Gasteiger charge is 2.32. The lowest BCUT2D eigenvalue weighted by molar-refractivity contribution is -0.139. The van der Waals surface area contributed by atoms with E-state index < -0.39 is 11.9 Å². The summed E-state index contributed by atoms with van der Waals surface area (Å²) in [7, 11) is 0.